The number of carbonyl (C=O) groups is 1. The van der Waals surface area contributed by atoms with Crippen LogP contribution >= 0.6 is 0 Å². The highest BCUT2D eigenvalue weighted by Gasteiger charge is 2.26. The van der Waals surface area contributed by atoms with Crippen molar-refractivity contribution in [2.75, 3.05) is 12.8 Å². The van der Waals surface area contributed by atoms with E-state index in [1.54, 1.807) is 12.1 Å². The summed E-state index contributed by atoms with van der Waals surface area (Å²) in [5.74, 6) is -3.56. The number of pyridine rings is 1. The molecule has 0 radical (unpaired) electrons. The van der Waals surface area contributed by atoms with Gasteiger partial charge in [-0.2, -0.15) is 8.78 Å². The Bertz CT molecular complexity index is 664. The molecule has 2 rings (SSSR count). The summed E-state index contributed by atoms with van der Waals surface area (Å²) >= 11 is 0. The van der Waals surface area contributed by atoms with Gasteiger partial charge in [-0.3, -0.25) is 4.98 Å². The first-order chi connectivity index (χ1) is 9.82. The summed E-state index contributed by atoms with van der Waals surface area (Å²) in [6.45, 7) is 0.776. The number of carbonyl (C=O) groups excluding carboxylic acids is 1. The van der Waals surface area contributed by atoms with Crippen molar-refractivity contribution in [3.05, 3.63) is 47.8 Å². The number of alkyl halides is 2. The lowest BCUT2D eigenvalue weighted by Crippen LogP contribution is -2.09. The number of anilines is 1. The third kappa shape index (κ3) is 3.16. The van der Waals surface area contributed by atoms with Crippen molar-refractivity contribution in [1.82, 2.24) is 4.98 Å². The highest BCUT2D eigenvalue weighted by molar-refractivity contribution is 5.98. The summed E-state index contributed by atoms with van der Waals surface area (Å²) in [6, 6.07) is 7.43. The third-order valence-electron chi connectivity index (χ3n) is 2.97. The summed E-state index contributed by atoms with van der Waals surface area (Å²) in [4.78, 5) is 15.5. The van der Waals surface area contributed by atoms with Gasteiger partial charge in [0.05, 0.1) is 12.7 Å². The fourth-order valence-electron chi connectivity index (χ4n) is 1.91. The second-order valence-electron chi connectivity index (χ2n) is 4.62. The lowest BCUT2D eigenvalue weighted by Gasteiger charge is -2.12. The molecular formula is C15H14F2N2O2. The topological polar surface area (TPSA) is 65.2 Å². The Balaban J connectivity index is 2.49. The van der Waals surface area contributed by atoms with E-state index in [9.17, 15) is 13.6 Å². The largest absolute Gasteiger partial charge is 0.465 e. The first-order valence-electron chi connectivity index (χ1n) is 6.15. The third-order valence-corrected chi connectivity index (χ3v) is 2.97. The van der Waals surface area contributed by atoms with E-state index in [-0.39, 0.29) is 11.3 Å². The summed E-state index contributed by atoms with van der Waals surface area (Å²) in [5, 5.41) is 0. The van der Waals surface area contributed by atoms with Gasteiger partial charge in [-0.15, -0.1) is 0 Å². The van der Waals surface area contributed by atoms with Gasteiger partial charge in [0, 0.05) is 24.4 Å². The van der Waals surface area contributed by atoms with Crippen LogP contribution in [0.3, 0.4) is 0 Å². The molecule has 0 aliphatic carbocycles. The lowest BCUT2D eigenvalue weighted by atomic mass is 10.00. The predicted molar refractivity (Wildman–Crippen MR) is 75.0 cm³/mol. The summed E-state index contributed by atoms with van der Waals surface area (Å²) in [6.07, 6.45) is 1.30. The molecule has 0 aliphatic rings. The van der Waals surface area contributed by atoms with Gasteiger partial charge in [0.15, 0.2) is 0 Å². The average molecular weight is 292 g/mol. The number of benzene rings is 1. The quantitative estimate of drug-likeness (QED) is 0.696. The number of nitrogens with two attached hydrogens (primary N) is 1. The number of halogens is 2. The van der Waals surface area contributed by atoms with Crippen LogP contribution in [-0.2, 0) is 10.7 Å². The number of aromatic nitrogens is 1. The molecule has 0 bridgehead atoms. The van der Waals surface area contributed by atoms with Gasteiger partial charge in [-0.25, -0.2) is 4.79 Å². The molecule has 0 amide bonds. The number of nitrogen functional groups attached to an aromatic ring is 1. The minimum Gasteiger partial charge on any atom is -0.465 e. The molecule has 1 aromatic heterocycles. The molecule has 110 valence electrons. The van der Waals surface area contributed by atoms with Gasteiger partial charge in [0.2, 0.25) is 0 Å². The molecule has 0 atom stereocenters. The highest BCUT2D eigenvalue weighted by Crippen LogP contribution is 2.29. The van der Waals surface area contributed by atoms with E-state index in [0.29, 0.717) is 16.8 Å². The Kier molecular flexibility index (Phi) is 3.88. The molecule has 1 heterocycles. The molecule has 0 spiro atoms. The minimum atomic E-state index is -3.01. The average Bonchev–Trinajstić information content (AvgIpc) is 2.45. The van der Waals surface area contributed by atoms with Gasteiger partial charge < -0.3 is 10.5 Å². The summed E-state index contributed by atoms with van der Waals surface area (Å²) < 4.78 is 31.0. The predicted octanol–water partition coefficient (Wildman–Crippen LogP) is 3.23. The van der Waals surface area contributed by atoms with Crippen LogP contribution in [0.5, 0.6) is 0 Å². The fraction of sp³-hybridized carbons (Fsp3) is 0.200. The summed E-state index contributed by atoms with van der Waals surface area (Å²) in [7, 11) is 1.26. The van der Waals surface area contributed by atoms with Crippen LogP contribution in [-0.4, -0.2) is 18.1 Å². The standard InChI is InChI=1S/C15H14F2N2O2/c1-15(16,17)13-6-3-9(8-19-13)11-5-4-10(18)7-12(11)14(20)21-2/h3-8H,18H2,1-2H3. The molecule has 0 fully saturated rings. The first kappa shape index (κ1) is 14.9. The van der Waals surface area contributed by atoms with E-state index in [1.807, 2.05) is 0 Å². The Hall–Kier alpha value is -2.50. The monoisotopic (exact) mass is 292 g/mol. The molecule has 2 aromatic rings. The number of hydrogen-bond donors (Lipinski definition) is 1. The Morgan fingerprint density at radius 1 is 1.29 bits per heavy atom. The maximum Gasteiger partial charge on any atom is 0.338 e. The van der Waals surface area contributed by atoms with Crippen molar-refractivity contribution in [3.8, 4) is 11.1 Å². The first-order valence-corrected chi connectivity index (χ1v) is 6.15. The molecule has 0 saturated heterocycles. The molecule has 1 aromatic carbocycles. The van der Waals surface area contributed by atoms with E-state index in [1.165, 1.54) is 31.5 Å². The maximum absolute atomic E-state index is 13.2. The fourth-order valence-corrected chi connectivity index (χ4v) is 1.91. The zero-order chi connectivity index (χ0) is 15.6. The van der Waals surface area contributed by atoms with Crippen LogP contribution in [0.25, 0.3) is 11.1 Å². The van der Waals surface area contributed by atoms with Crippen LogP contribution in [0.15, 0.2) is 36.5 Å². The Morgan fingerprint density at radius 3 is 2.52 bits per heavy atom. The van der Waals surface area contributed by atoms with Crippen molar-refractivity contribution in [2.24, 2.45) is 0 Å². The zero-order valence-corrected chi connectivity index (χ0v) is 11.6. The molecule has 2 N–H and O–H groups in total. The van der Waals surface area contributed by atoms with Crippen molar-refractivity contribution in [2.45, 2.75) is 12.8 Å². The number of ether oxygens (including phenoxy) is 1. The van der Waals surface area contributed by atoms with Crippen molar-refractivity contribution >= 4 is 11.7 Å². The minimum absolute atomic E-state index is 0.260. The van der Waals surface area contributed by atoms with Crippen molar-refractivity contribution in [1.29, 1.82) is 0 Å². The van der Waals surface area contributed by atoms with E-state index < -0.39 is 11.9 Å². The molecule has 4 nitrogen and oxygen atoms in total. The van der Waals surface area contributed by atoms with Gasteiger partial charge in [-0.05, 0) is 23.8 Å². The molecule has 0 aliphatic heterocycles. The number of methoxy groups -OCH3 is 1. The van der Waals surface area contributed by atoms with E-state index in [0.717, 1.165) is 6.92 Å². The molecule has 0 saturated carbocycles. The van der Waals surface area contributed by atoms with Gasteiger partial charge >= 0.3 is 5.97 Å². The van der Waals surface area contributed by atoms with Crippen LogP contribution in [0.2, 0.25) is 0 Å². The lowest BCUT2D eigenvalue weighted by molar-refractivity contribution is 0.0128. The number of esters is 1. The van der Waals surface area contributed by atoms with Crippen molar-refractivity contribution < 1.29 is 18.3 Å². The van der Waals surface area contributed by atoms with Gasteiger partial charge in [0.1, 0.15) is 5.69 Å². The zero-order valence-electron chi connectivity index (χ0n) is 11.6. The maximum atomic E-state index is 13.2. The van der Waals surface area contributed by atoms with Crippen LogP contribution in [0, 0.1) is 0 Å². The van der Waals surface area contributed by atoms with Gasteiger partial charge in [0.25, 0.3) is 5.92 Å². The smallest absolute Gasteiger partial charge is 0.338 e. The number of rotatable bonds is 3. The molecule has 0 unspecified atom stereocenters. The molecule has 21 heavy (non-hydrogen) atoms. The second kappa shape index (κ2) is 5.47. The molecular weight excluding hydrogens is 278 g/mol. The van der Waals surface area contributed by atoms with E-state index in [4.69, 9.17) is 10.5 Å². The Labute approximate surface area is 120 Å². The van der Waals surface area contributed by atoms with Crippen molar-refractivity contribution in [3.63, 3.8) is 0 Å². The molecule has 6 heteroatoms. The van der Waals surface area contributed by atoms with Crippen LogP contribution in [0.1, 0.15) is 23.0 Å². The van der Waals surface area contributed by atoms with Crippen LogP contribution < -0.4 is 5.73 Å². The van der Waals surface area contributed by atoms with E-state index >= 15 is 0 Å². The van der Waals surface area contributed by atoms with E-state index in [2.05, 4.69) is 4.98 Å². The summed E-state index contributed by atoms with van der Waals surface area (Å²) in [5.41, 5.74) is 7.04. The van der Waals surface area contributed by atoms with Gasteiger partial charge in [-0.1, -0.05) is 12.1 Å². The highest BCUT2D eigenvalue weighted by atomic mass is 19.3. The van der Waals surface area contributed by atoms with Crippen LogP contribution in [0.4, 0.5) is 14.5 Å². The Morgan fingerprint density at radius 2 is 2.00 bits per heavy atom. The second-order valence-corrected chi connectivity index (χ2v) is 4.62. The number of nitrogens with zero attached hydrogens (tertiary/aromatic N) is 1. The normalized spacial score (nSPS) is 11.2. The SMILES string of the molecule is COC(=O)c1cc(N)ccc1-c1ccc(C(C)(F)F)nc1. The number of hydrogen-bond acceptors (Lipinski definition) is 4.